The number of imide groups is 1. The number of nitrogens with zero attached hydrogens (tertiary/aromatic N) is 2. The van der Waals surface area contributed by atoms with Gasteiger partial charge in [0.15, 0.2) is 0 Å². The van der Waals surface area contributed by atoms with Crippen molar-refractivity contribution in [3.8, 4) is 0 Å². The molecule has 32 heavy (non-hydrogen) atoms. The van der Waals surface area contributed by atoms with Gasteiger partial charge in [-0.3, -0.25) is 14.5 Å². The molecule has 1 atom stereocenters. The number of methoxy groups -OCH3 is 1. The summed E-state index contributed by atoms with van der Waals surface area (Å²) in [5.41, 5.74) is 1.85. The van der Waals surface area contributed by atoms with E-state index in [0.29, 0.717) is 17.2 Å². The first-order valence-corrected chi connectivity index (χ1v) is 11.0. The second-order valence-corrected chi connectivity index (χ2v) is 8.47. The molecule has 2 aromatic rings. The highest BCUT2D eigenvalue weighted by Gasteiger charge is 2.43. The van der Waals surface area contributed by atoms with Gasteiger partial charge in [-0.2, -0.15) is 0 Å². The van der Waals surface area contributed by atoms with Gasteiger partial charge in [0.1, 0.15) is 5.82 Å². The van der Waals surface area contributed by atoms with Crippen molar-refractivity contribution in [2.24, 2.45) is 5.92 Å². The lowest BCUT2D eigenvalue weighted by Crippen LogP contribution is -2.46. The minimum absolute atomic E-state index is 0.172. The number of ether oxygens (including phenoxy) is 1. The van der Waals surface area contributed by atoms with Gasteiger partial charge in [-0.25, -0.2) is 14.1 Å². The number of rotatable bonds is 6. The summed E-state index contributed by atoms with van der Waals surface area (Å²) in [5, 5.41) is 0. The summed E-state index contributed by atoms with van der Waals surface area (Å²) >= 11 is 0. The van der Waals surface area contributed by atoms with Gasteiger partial charge in [0.2, 0.25) is 5.91 Å². The van der Waals surface area contributed by atoms with E-state index in [4.69, 9.17) is 0 Å². The van der Waals surface area contributed by atoms with Crippen molar-refractivity contribution < 1.29 is 23.5 Å². The molecule has 0 unspecified atom stereocenters. The summed E-state index contributed by atoms with van der Waals surface area (Å²) in [4.78, 5) is 40.6. The number of piperidine rings is 1. The summed E-state index contributed by atoms with van der Waals surface area (Å²) in [7, 11) is 1.30. The van der Waals surface area contributed by atoms with E-state index >= 15 is 0 Å². The summed E-state index contributed by atoms with van der Waals surface area (Å²) in [6, 6.07) is 12.6. The Morgan fingerprint density at radius 3 is 2.47 bits per heavy atom. The molecule has 2 saturated heterocycles. The minimum atomic E-state index is -0.464. The SMILES string of the molecule is COC(=O)c1ccc(N2C(=O)C[C@@H](N3CCC(CCc4cccc(F)c4)CC3)C2=O)cc1. The van der Waals surface area contributed by atoms with Crippen LogP contribution < -0.4 is 4.90 Å². The summed E-state index contributed by atoms with van der Waals surface area (Å²) in [5.74, 6) is -0.568. The van der Waals surface area contributed by atoms with Gasteiger partial charge in [0.05, 0.1) is 30.8 Å². The molecule has 2 aliphatic heterocycles. The number of hydrogen-bond donors (Lipinski definition) is 0. The van der Waals surface area contributed by atoms with E-state index in [9.17, 15) is 18.8 Å². The maximum Gasteiger partial charge on any atom is 0.337 e. The third-order valence-corrected chi connectivity index (χ3v) is 6.49. The lowest BCUT2D eigenvalue weighted by molar-refractivity contribution is -0.123. The number of likely N-dealkylation sites (tertiary alicyclic amines) is 1. The van der Waals surface area contributed by atoms with Crippen LogP contribution in [0.5, 0.6) is 0 Å². The molecule has 0 N–H and O–H groups in total. The number of aryl methyl sites for hydroxylation is 1. The molecule has 0 bridgehead atoms. The zero-order chi connectivity index (χ0) is 22.7. The molecule has 0 radical (unpaired) electrons. The number of carbonyl (C=O) groups excluding carboxylic acids is 3. The lowest BCUT2D eigenvalue weighted by atomic mass is 9.90. The first kappa shape index (κ1) is 22.1. The number of benzene rings is 2. The molecule has 2 amide bonds. The maximum atomic E-state index is 13.4. The molecule has 2 heterocycles. The zero-order valence-electron chi connectivity index (χ0n) is 18.1. The number of halogens is 1. The Bertz CT molecular complexity index is 999. The third-order valence-electron chi connectivity index (χ3n) is 6.49. The van der Waals surface area contributed by atoms with E-state index < -0.39 is 12.0 Å². The zero-order valence-corrected chi connectivity index (χ0v) is 18.1. The van der Waals surface area contributed by atoms with Gasteiger partial charge in [0, 0.05) is 0 Å². The Morgan fingerprint density at radius 1 is 1.09 bits per heavy atom. The number of esters is 1. The van der Waals surface area contributed by atoms with Crippen LogP contribution in [0, 0.1) is 11.7 Å². The van der Waals surface area contributed by atoms with Crippen molar-refractivity contribution in [1.82, 2.24) is 4.90 Å². The van der Waals surface area contributed by atoms with Crippen molar-refractivity contribution in [2.45, 2.75) is 38.1 Å². The Balaban J connectivity index is 1.33. The topological polar surface area (TPSA) is 66.9 Å². The Morgan fingerprint density at radius 2 is 1.81 bits per heavy atom. The van der Waals surface area contributed by atoms with Crippen LogP contribution in [0.1, 0.15) is 41.6 Å². The molecule has 2 aliphatic rings. The van der Waals surface area contributed by atoms with Crippen LogP contribution in [-0.2, 0) is 20.7 Å². The molecule has 6 nitrogen and oxygen atoms in total. The van der Waals surface area contributed by atoms with Crippen LogP contribution in [0.2, 0.25) is 0 Å². The standard InChI is InChI=1S/C25H27FN2O4/c1-32-25(31)19-7-9-21(10-8-19)28-23(29)16-22(24(28)30)27-13-11-17(12-14-27)5-6-18-3-2-4-20(26)15-18/h2-4,7-10,15,17,22H,5-6,11-14,16H2,1H3/t22-/m1/s1. The smallest absolute Gasteiger partial charge is 0.337 e. The van der Waals surface area contributed by atoms with Crippen molar-refractivity contribution in [3.05, 3.63) is 65.5 Å². The largest absolute Gasteiger partial charge is 0.465 e. The maximum absolute atomic E-state index is 13.4. The van der Waals surface area contributed by atoms with E-state index in [-0.39, 0.29) is 24.1 Å². The molecular formula is C25H27FN2O4. The molecule has 0 spiro atoms. The molecule has 4 rings (SSSR count). The Labute approximate surface area is 187 Å². The van der Waals surface area contributed by atoms with Crippen molar-refractivity contribution in [3.63, 3.8) is 0 Å². The van der Waals surface area contributed by atoms with E-state index in [1.807, 2.05) is 6.07 Å². The van der Waals surface area contributed by atoms with Crippen molar-refractivity contribution in [1.29, 1.82) is 0 Å². The summed E-state index contributed by atoms with van der Waals surface area (Å²) < 4.78 is 18.0. The molecule has 0 saturated carbocycles. The first-order chi connectivity index (χ1) is 15.5. The summed E-state index contributed by atoms with van der Waals surface area (Å²) in [6.07, 6.45) is 3.93. The molecule has 0 aromatic heterocycles. The van der Waals surface area contributed by atoms with Crippen LogP contribution in [0.4, 0.5) is 10.1 Å². The van der Waals surface area contributed by atoms with Gasteiger partial charge in [-0.15, -0.1) is 0 Å². The fourth-order valence-corrected chi connectivity index (χ4v) is 4.65. The number of amides is 2. The second kappa shape index (κ2) is 9.61. The van der Waals surface area contributed by atoms with Crippen LogP contribution in [0.25, 0.3) is 0 Å². The molecule has 2 aromatic carbocycles. The first-order valence-electron chi connectivity index (χ1n) is 11.0. The number of carbonyl (C=O) groups is 3. The Hall–Kier alpha value is -3.06. The minimum Gasteiger partial charge on any atom is -0.465 e. The van der Waals surface area contributed by atoms with Crippen LogP contribution in [0.15, 0.2) is 48.5 Å². The van der Waals surface area contributed by atoms with E-state index in [0.717, 1.165) is 44.3 Å². The highest BCUT2D eigenvalue weighted by Crippen LogP contribution is 2.30. The average molecular weight is 438 g/mol. The number of anilines is 1. The highest BCUT2D eigenvalue weighted by molar-refractivity contribution is 6.22. The molecular weight excluding hydrogens is 411 g/mol. The van der Waals surface area contributed by atoms with E-state index in [1.54, 1.807) is 36.4 Å². The third kappa shape index (κ3) is 4.72. The van der Waals surface area contributed by atoms with E-state index in [1.165, 1.54) is 18.1 Å². The van der Waals surface area contributed by atoms with E-state index in [2.05, 4.69) is 9.64 Å². The van der Waals surface area contributed by atoms with Crippen molar-refractivity contribution >= 4 is 23.5 Å². The van der Waals surface area contributed by atoms with Gasteiger partial charge < -0.3 is 4.74 Å². The predicted molar refractivity (Wildman–Crippen MR) is 118 cm³/mol. The molecule has 7 heteroatoms. The number of hydrogen-bond acceptors (Lipinski definition) is 5. The van der Waals surface area contributed by atoms with Crippen molar-refractivity contribution in [2.75, 3.05) is 25.1 Å². The second-order valence-electron chi connectivity index (χ2n) is 8.47. The van der Waals surface area contributed by atoms with Crippen LogP contribution in [-0.4, -0.2) is 48.9 Å². The Kier molecular flexibility index (Phi) is 6.65. The highest BCUT2D eigenvalue weighted by atomic mass is 19.1. The van der Waals surface area contributed by atoms with Gasteiger partial charge in [0.25, 0.3) is 5.91 Å². The van der Waals surface area contributed by atoms with Crippen LogP contribution >= 0.6 is 0 Å². The monoisotopic (exact) mass is 438 g/mol. The average Bonchev–Trinajstić information content (AvgIpc) is 3.11. The summed E-state index contributed by atoms with van der Waals surface area (Å²) in [6.45, 7) is 1.54. The molecule has 2 fully saturated rings. The lowest BCUT2D eigenvalue weighted by Gasteiger charge is -2.34. The van der Waals surface area contributed by atoms with Gasteiger partial charge >= 0.3 is 5.97 Å². The fourth-order valence-electron chi connectivity index (χ4n) is 4.65. The van der Waals surface area contributed by atoms with Crippen LogP contribution in [0.3, 0.4) is 0 Å². The van der Waals surface area contributed by atoms with Gasteiger partial charge in [-0.05, 0) is 86.7 Å². The predicted octanol–water partition coefficient (Wildman–Crippen LogP) is 3.59. The quantitative estimate of drug-likeness (QED) is 0.509. The molecule has 168 valence electrons. The fraction of sp³-hybridized carbons (Fsp3) is 0.400. The van der Waals surface area contributed by atoms with Gasteiger partial charge in [-0.1, -0.05) is 12.1 Å². The normalized spacial score (nSPS) is 20.1. The molecule has 0 aliphatic carbocycles.